The summed E-state index contributed by atoms with van der Waals surface area (Å²) in [4.78, 5) is 8.17. The number of aromatic nitrogens is 1. The number of hydrogen-bond acceptors (Lipinski definition) is 3. The zero-order valence-electron chi connectivity index (χ0n) is 6.64. The Morgan fingerprint density at radius 3 is 3.00 bits per heavy atom. The SMILES string of the molecule is NC(CS)=NCc1ccccn1. The van der Waals surface area contributed by atoms with Crippen LogP contribution in [-0.4, -0.2) is 16.6 Å². The van der Waals surface area contributed by atoms with Crippen molar-refractivity contribution in [3.8, 4) is 0 Å². The highest BCUT2D eigenvalue weighted by Gasteiger charge is 1.90. The van der Waals surface area contributed by atoms with Crippen LogP contribution in [0, 0.1) is 0 Å². The Morgan fingerprint density at radius 2 is 2.42 bits per heavy atom. The molecule has 1 rings (SSSR count). The van der Waals surface area contributed by atoms with Crippen molar-refractivity contribution in [2.45, 2.75) is 6.54 Å². The molecule has 0 aliphatic carbocycles. The largest absolute Gasteiger partial charge is 0.387 e. The molecule has 0 aliphatic rings. The predicted molar refractivity (Wildman–Crippen MR) is 53.4 cm³/mol. The van der Waals surface area contributed by atoms with Gasteiger partial charge in [-0.2, -0.15) is 12.6 Å². The van der Waals surface area contributed by atoms with E-state index < -0.39 is 0 Å². The van der Waals surface area contributed by atoms with Gasteiger partial charge in [-0.25, -0.2) is 0 Å². The lowest BCUT2D eigenvalue weighted by molar-refractivity contribution is 0.985. The van der Waals surface area contributed by atoms with Gasteiger partial charge in [-0.15, -0.1) is 0 Å². The summed E-state index contributed by atoms with van der Waals surface area (Å²) in [6, 6.07) is 5.71. The topological polar surface area (TPSA) is 51.3 Å². The fourth-order valence-corrected chi connectivity index (χ4v) is 0.824. The van der Waals surface area contributed by atoms with Crippen LogP contribution < -0.4 is 5.73 Å². The molecule has 0 bridgehead atoms. The average molecular weight is 181 g/mol. The van der Waals surface area contributed by atoms with Crippen LogP contribution in [0.5, 0.6) is 0 Å². The van der Waals surface area contributed by atoms with E-state index in [1.807, 2.05) is 18.2 Å². The Kier molecular flexibility index (Phi) is 3.60. The van der Waals surface area contributed by atoms with Gasteiger partial charge in [0.05, 0.1) is 12.2 Å². The molecule has 0 amide bonds. The van der Waals surface area contributed by atoms with Crippen molar-refractivity contribution in [2.75, 3.05) is 5.75 Å². The van der Waals surface area contributed by atoms with Crippen LogP contribution in [0.1, 0.15) is 5.69 Å². The van der Waals surface area contributed by atoms with E-state index in [1.54, 1.807) is 6.20 Å². The average Bonchev–Trinajstić information content (AvgIpc) is 2.16. The van der Waals surface area contributed by atoms with Crippen molar-refractivity contribution in [2.24, 2.45) is 10.7 Å². The van der Waals surface area contributed by atoms with E-state index in [0.717, 1.165) is 5.69 Å². The first-order chi connectivity index (χ1) is 5.83. The summed E-state index contributed by atoms with van der Waals surface area (Å²) in [5, 5.41) is 0. The molecule has 0 saturated heterocycles. The van der Waals surface area contributed by atoms with Gasteiger partial charge in [0.2, 0.25) is 0 Å². The summed E-state index contributed by atoms with van der Waals surface area (Å²) in [5.41, 5.74) is 6.39. The van der Waals surface area contributed by atoms with Gasteiger partial charge in [0.15, 0.2) is 0 Å². The second kappa shape index (κ2) is 4.77. The summed E-state index contributed by atoms with van der Waals surface area (Å²) in [5.74, 6) is 1.04. The maximum atomic E-state index is 5.47. The summed E-state index contributed by atoms with van der Waals surface area (Å²) in [6.07, 6.45) is 1.74. The molecule has 0 fully saturated rings. The molecule has 1 aromatic rings. The summed E-state index contributed by atoms with van der Waals surface area (Å²) in [7, 11) is 0. The molecule has 0 aliphatic heterocycles. The summed E-state index contributed by atoms with van der Waals surface area (Å²) >= 11 is 3.99. The number of nitrogens with zero attached hydrogens (tertiary/aromatic N) is 2. The number of amidine groups is 1. The van der Waals surface area contributed by atoms with Crippen LogP contribution in [0.25, 0.3) is 0 Å². The minimum absolute atomic E-state index is 0.493. The Balaban J connectivity index is 2.54. The molecule has 0 aromatic carbocycles. The lowest BCUT2D eigenvalue weighted by atomic mass is 10.3. The van der Waals surface area contributed by atoms with E-state index in [2.05, 4.69) is 22.6 Å². The Labute approximate surface area is 77.1 Å². The van der Waals surface area contributed by atoms with Crippen molar-refractivity contribution in [3.63, 3.8) is 0 Å². The minimum atomic E-state index is 0.493. The zero-order valence-corrected chi connectivity index (χ0v) is 7.54. The molecule has 1 heterocycles. The third-order valence-electron chi connectivity index (χ3n) is 1.33. The number of aliphatic imine (C=N–C) groups is 1. The van der Waals surface area contributed by atoms with Gasteiger partial charge in [-0.05, 0) is 12.1 Å². The highest BCUT2D eigenvalue weighted by molar-refractivity contribution is 7.81. The molecule has 0 unspecified atom stereocenters. The first kappa shape index (κ1) is 9.06. The molecule has 2 N–H and O–H groups in total. The van der Waals surface area contributed by atoms with Crippen LogP contribution in [0.15, 0.2) is 29.4 Å². The number of hydrogen-bond donors (Lipinski definition) is 2. The maximum Gasteiger partial charge on any atom is 0.104 e. The molecule has 12 heavy (non-hydrogen) atoms. The minimum Gasteiger partial charge on any atom is -0.387 e. The van der Waals surface area contributed by atoms with E-state index in [9.17, 15) is 0 Å². The van der Waals surface area contributed by atoms with Crippen molar-refractivity contribution >= 4 is 18.5 Å². The van der Waals surface area contributed by atoms with E-state index >= 15 is 0 Å². The second-order valence-corrected chi connectivity index (χ2v) is 2.60. The third kappa shape index (κ3) is 2.92. The maximum absolute atomic E-state index is 5.47. The van der Waals surface area contributed by atoms with Gasteiger partial charge in [0.25, 0.3) is 0 Å². The Hall–Kier alpha value is -1.03. The third-order valence-corrected chi connectivity index (χ3v) is 1.66. The zero-order chi connectivity index (χ0) is 8.81. The summed E-state index contributed by atoms with van der Waals surface area (Å²) in [6.45, 7) is 0.535. The smallest absolute Gasteiger partial charge is 0.104 e. The molecule has 0 radical (unpaired) electrons. The fourth-order valence-electron chi connectivity index (χ4n) is 0.724. The number of nitrogens with two attached hydrogens (primary N) is 1. The van der Waals surface area contributed by atoms with Crippen LogP contribution >= 0.6 is 12.6 Å². The van der Waals surface area contributed by atoms with E-state index in [1.165, 1.54) is 0 Å². The van der Waals surface area contributed by atoms with Crippen molar-refractivity contribution < 1.29 is 0 Å². The Morgan fingerprint density at radius 1 is 1.58 bits per heavy atom. The fraction of sp³-hybridized carbons (Fsp3) is 0.250. The van der Waals surface area contributed by atoms with Crippen LogP contribution in [0.4, 0.5) is 0 Å². The lowest BCUT2D eigenvalue weighted by Gasteiger charge is -1.95. The number of thiol groups is 1. The van der Waals surface area contributed by atoms with Crippen LogP contribution in [-0.2, 0) is 6.54 Å². The van der Waals surface area contributed by atoms with Gasteiger partial charge in [0.1, 0.15) is 5.84 Å². The molecule has 0 saturated carbocycles. The van der Waals surface area contributed by atoms with E-state index in [4.69, 9.17) is 5.73 Å². The lowest BCUT2D eigenvalue weighted by Crippen LogP contribution is -2.13. The van der Waals surface area contributed by atoms with Crippen LogP contribution in [0.3, 0.4) is 0 Å². The molecular formula is C8H11N3S. The first-order valence-electron chi connectivity index (χ1n) is 3.62. The van der Waals surface area contributed by atoms with Gasteiger partial charge >= 0.3 is 0 Å². The molecule has 64 valence electrons. The number of rotatable bonds is 3. The van der Waals surface area contributed by atoms with E-state index in [0.29, 0.717) is 18.1 Å². The molecule has 0 spiro atoms. The van der Waals surface area contributed by atoms with Crippen molar-refractivity contribution in [1.82, 2.24) is 4.98 Å². The van der Waals surface area contributed by atoms with Crippen molar-refractivity contribution in [1.29, 1.82) is 0 Å². The number of pyridine rings is 1. The van der Waals surface area contributed by atoms with Gasteiger partial charge in [-0.1, -0.05) is 6.07 Å². The Bertz CT molecular complexity index is 258. The van der Waals surface area contributed by atoms with Gasteiger partial charge < -0.3 is 5.73 Å². The van der Waals surface area contributed by atoms with Gasteiger partial charge in [0, 0.05) is 11.9 Å². The van der Waals surface area contributed by atoms with Crippen LogP contribution in [0.2, 0.25) is 0 Å². The monoisotopic (exact) mass is 181 g/mol. The molecule has 4 heteroatoms. The second-order valence-electron chi connectivity index (χ2n) is 2.29. The standard InChI is InChI=1S/C8H11N3S/c9-8(6-12)11-5-7-3-1-2-4-10-7/h1-4,12H,5-6H2,(H2,9,11). The highest BCUT2D eigenvalue weighted by atomic mass is 32.1. The normalized spacial score (nSPS) is 11.6. The highest BCUT2D eigenvalue weighted by Crippen LogP contribution is 1.95. The first-order valence-corrected chi connectivity index (χ1v) is 4.25. The molecule has 1 aromatic heterocycles. The van der Waals surface area contributed by atoms with E-state index in [-0.39, 0.29) is 0 Å². The molecule has 3 nitrogen and oxygen atoms in total. The van der Waals surface area contributed by atoms with Gasteiger partial charge in [-0.3, -0.25) is 9.98 Å². The van der Waals surface area contributed by atoms with Crippen molar-refractivity contribution in [3.05, 3.63) is 30.1 Å². The molecular weight excluding hydrogens is 170 g/mol. The quantitative estimate of drug-likeness (QED) is 0.413. The molecule has 0 atom stereocenters. The summed E-state index contributed by atoms with van der Waals surface area (Å²) < 4.78 is 0. The predicted octanol–water partition coefficient (Wildman–Crippen LogP) is 0.869.